The monoisotopic (exact) mass is 368 g/mol. The highest BCUT2D eigenvalue weighted by Crippen LogP contribution is 2.39. The fourth-order valence-electron chi connectivity index (χ4n) is 3.08. The number of benzene rings is 2. The summed E-state index contributed by atoms with van der Waals surface area (Å²) in [6.07, 6.45) is 1.57. The number of halogens is 1. The third-order valence-corrected chi connectivity index (χ3v) is 4.54. The van der Waals surface area contributed by atoms with Crippen molar-refractivity contribution in [2.45, 2.75) is 6.92 Å². The number of nitrogens with zero attached hydrogens (tertiary/aromatic N) is 2. The Morgan fingerprint density at radius 3 is 2.58 bits per heavy atom. The zero-order chi connectivity index (χ0) is 18.3. The Labute approximate surface area is 155 Å². The van der Waals surface area contributed by atoms with Crippen LogP contribution in [0.1, 0.15) is 5.69 Å². The lowest BCUT2D eigenvalue weighted by atomic mass is 10.1. The maximum atomic E-state index is 6.30. The second-order valence-corrected chi connectivity index (χ2v) is 6.31. The molecule has 0 radical (unpaired) electrons. The molecule has 0 saturated carbocycles. The van der Waals surface area contributed by atoms with Gasteiger partial charge in [0, 0.05) is 22.7 Å². The van der Waals surface area contributed by atoms with Gasteiger partial charge in [-0.1, -0.05) is 11.6 Å². The highest BCUT2D eigenvalue weighted by molar-refractivity contribution is 6.32. The molecule has 0 atom stereocenters. The van der Waals surface area contributed by atoms with Gasteiger partial charge < -0.3 is 19.8 Å². The number of pyridine rings is 1. The summed E-state index contributed by atoms with van der Waals surface area (Å²) in [6, 6.07) is 9.52. The average molecular weight is 369 g/mol. The summed E-state index contributed by atoms with van der Waals surface area (Å²) in [6.45, 7) is 2.00. The summed E-state index contributed by atoms with van der Waals surface area (Å²) in [4.78, 5) is 12.1. The number of aromatic nitrogens is 3. The van der Waals surface area contributed by atoms with Gasteiger partial charge in [-0.15, -0.1) is 0 Å². The van der Waals surface area contributed by atoms with Crippen LogP contribution in [0.4, 0.5) is 11.4 Å². The van der Waals surface area contributed by atoms with E-state index in [4.69, 9.17) is 21.1 Å². The van der Waals surface area contributed by atoms with Gasteiger partial charge in [0.1, 0.15) is 23.3 Å². The van der Waals surface area contributed by atoms with Crippen LogP contribution >= 0.6 is 11.6 Å². The van der Waals surface area contributed by atoms with Gasteiger partial charge in [-0.25, -0.2) is 9.97 Å². The molecular weight excluding hydrogens is 352 g/mol. The van der Waals surface area contributed by atoms with Crippen molar-refractivity contribution in [1.29, 1.82) is 0 Å². The van der Waals surface area contributed by atoms with Crippen LogP contribution in [-0.4, -0.2) is 29.2 Å². The molecule has 0 amide bonds. The van der Waals surface area contributed by atoms with Gasteiger partial charge in [-0.2, -0.15) is 0 Å². The van der Waals surface area contributed by atoms with E-state index >= 15 is 0 Å². The number of fused-ring (bicyclic) bond motifs is 3. The molecule has 0 aliphatic heterocycles. The molecule has 2 heterocycles. The molecule has 0 fully saturated rings. The molecular formula is C19H17ClN4O2. The first-order chi connectivity index (χ1) is 12.6. The summed E-state index contributed by atoms with van der Waals surface area (Å²) >= 11 is 6.30. The lowest BCUT2D eigenvalue weighted by Gasteiger charge is -2.16. The van der Waals surface area contributed by atoms with Crippen LogP contribution in [0.2, 0.25) is 5.02 Å². The summed E-state index contributed by atoms with van der Waals surface area (Å²) in [7, 11) is 3.18. The summed E-state index contributed by atoms with van der Waals surface area (Å²) in [5.74, 6) is 1.19. The number of hydrogen-bond acceptors (Lipinski definition) is 5. The minimum absolute atomic E-state index is 0.498. The smallest absolute Gasteiger partial charge is 0.146 e. The van der Waals surface area contributed by atoms with E-state index < -0.39 is 0 Å². The molecule has 7 heteroatoms. The highest BCUT2D eigenvalue weighted by Gasteiger charge is 2.14. The molecule has 0 aliphatic carbocycles. The first-order valence-corrected chi connectivity index (χ1v) is 8.40. The number of methoxy groups -OCH3 is 2. The van der Waals surface area contributed by atoms with Crippen LogP contribution in [0.15, 0.2) is 36.7 Å². The number of aryl methyl sites for hydroxylation is 1. The van der Waals surface area contributed by atoms with E-state index in [9.17, 15) is 0 Å². The van der Waals surface area contributed by atoms with Crippen molar-refractivity contribution >= 4 is 44.9 Å². The molecule has 2 aromatic heterocycles. The van der Waals surface area contributed by atoms with Crippen molar-refractivity contribution in [1.82, 2.24) is 15.0 Å². The summed E-state index contributed by atoms with van der Waals surface area (Å²) in [5.41, 5.74) is 5.29. The molecule has 0 unspecified atom stereocenters. The number of ether oxygens (including phenoxy) is 2. The minimum atomic E-state index is 0.498. The number of H-pyrrole nitrogens is 1. The standard InChI is InChI=1S/C19H17ClN4O2/c1-10-6-15(18-12(23-10)4-5-13-19(18)22-9-21-13)24-14-7-11(20)16(25-2)8-17(14)26-3/h4-9,23-24H,1-3H3. The van der Waals surface area contributed by atoms with E-state index in [1.807, 2.05) is 25.1 Å². The molecule has 2 N–H and O–H groups in total. The second kappa shape index (κ2) is 6.38. The Morgan fingerprint density at radius 1 is 1.00 bits per heavy atom. The van der Waals surface area contributed by atoms with E-state index in [1.165, 1.54) is 0 Å². The van der Waals surface area contributed by atoms with E-state index in [0.717, 1.165) is 39.0 Å². The number of nitrogens with one attached hydrogen (secondary N) is 2. The fourth-order valence-corrected chi connectivity index (χ4v) is 3.32. The van der Waals surface area contributed by atoms with E-state index in [-0.39, 0.29) is 0 Å². The van der Waals surface area contributed by atoms with Crippen molar-refractivity contribution in [2.75, 3.05) is 19.5 Å². The van der Waals surface area contributed by atoms with Crippen LogP contribution < -0.4 is 14.8 Å². The predicted molar refractivity (Wildman–Crippen MR) is 104 cm³/mol. The summed E-state index contributed by atoms with van der Waals surface area (Å²) < 4.78 is 10.8. The van der Waals surface area contributed by atoms with E-state index in [2.05, 4.69) is 20.3 Å². The zero-order valence-corrected chi connectivity index (χ0v) is 15.3. The van der Waals surface area contributed by atoms with Gasteiger partial charge in [0.15, 0.2) is 0 Å². The normalized spacial score (nSPS) is 11.1. The minimum Gasteiger partial charge on any atom is -0.495 e. The van der Waals surface area contributed by atoms with E-state index in [1.54, 1.807) is 32.7 Å². The molecule has 0 bridgehead atoms. The number of hydrogen-bond donors (Lipinski definition) is 2. The molecule has 0 aliphatic rings. The SMILES string of the molecule is COc1cc(OC)c(Nc2cc(C)[nH]c3ccc4ncnc4c23)cc1Cl. The predicted octanol–water partition coefficient (Wildman–Crippen LogP) is 4.83. The zero-order valence-electron chi connectivity index (χ0n) is 14.6. The number of anilines is 2. The number of rotatable bonds is 4. The maximum absolute atomic E-state index is 6.30. The third-order valence-electron chi connectivity index (χ3n) is 4.25. The third kappa shape index (κ3) is 2.68. The number of aromatic amines is 1. The fraction of sp³-hybridized carbons (Fsp3) is 0.158. The maximum Gasteiger partial charge on any atom is 0.146 e. The molecule has 26 heavy (non-hydrogen) atoms. The van der Waals surface area contributed by atoms with Gasteiger partial charge in [-0.05, 0) is 31.2 Å². The van der Waals surface area contributed by atoms with Crippen molar-refractivity contribution in [2.24, 2.45) is 0 Å². The Kier molecular flexibility index (Phi) is 4.05. The molecule has 2 aromatic carbocycles. The second-order valence-electron chi connectivity index (χ2n) is 5.91. The van der Waals surface area contributed by atoms with Crippen molar-refractivity contribution in [3.8, 4) is 11.5 Å². The lowest BCUT2D eigenvalue weighted by molar-refractivity contribution is 0.396. The van der Waals surface area contributed by atoms with Crippen LogP contribution in [0.3, 0.4) is 0 Å². The highest BCUT2D eigenvalue weighted by atomic mass is 35.5. The molecule has 0 saturated heterocycles. The Hall–Kier alpha value is -2.99. The first-order valence-electron chi connectivity index (χ1n) is 8.02. The van der Waals surface area contributed by atoms with Crippen LogP contribution in [0, 0.1) is 6.92 Å². The Bertz CT molecular complexity index is 1120. The first kappa shape index (κ1) is 16.5. The summed E-state index contributed by atoms with van der Waals surface area (Å²) in [5, 5.41) is 4.88. The van der Waals surface area contributed by atoms with Gasteiger partial charge >= 0.3 is 0 Å². The van der Waals surface area contributed by atoms with E-state index in [0.29, 0.717) is 16.5 Å². The molecule has 0 spiro atoms. The largest absolute Gasteiger partial charge is 0.495 e. The Balaban J connectivity index is 1.93. The molecule has 4 aromatic rings. The van der Waals surface area contributed by atoms with Crippen molar-refractivity contribution in [3.05, 3.63) is 47.4 Å². The van der Waals surface area contributed by atoms with Gasteiger partial charge in [0.2, 0.25) is 0 Å². The molecule has 132 valence electrons. The van der Waals surface area contributed by atoms with Gasteiger partial charge in [-0.3, -0.25) is 0 Å². The van der Waals surface area contributed by atoms with Gasteiger partial charge in [0.25, 0.3) is 0 Å². The Morgan fingerprint density at radius 2 is 1.81 bits per heavy atom. The van der Waals surface area contributed by atoms with Crippen molar-refractivity contribution < 1.29 is 9.47 Å². The molecule has 6 nitrogen and oxygen atoms in total. The average Bonchev–Trinajstić information content (AvgIpc) is 3.10. The number of imidazole rings is 1. The lowest BCUT2D eigenvalue weighted by Crippen LogP contribution is -1.99. The van der Waals surface area contributed by atoms with Crippen LogP contribution in [0.25, 0.3) is 21.9 Å². The van der Waals surface area contributed by atoms with Crippen LogP contribution in [0.5, 0.6) is 11.5 Å². The topological polar surface area (TPSA) is 72.1 Å². The van der Waals surface area contributed by atoms with Crippen LogP contribution in [-0.2, 0) is 0 Å². The molecule has 4 rings (SSSR count). The van der Waals surface area contributed by atoms with Gasteiger partial charge in [0.05, 0.1) is 36.1 Å². The van der Waals surface area contributed by atoms with Crippen molar-refractivity contribution in [3.63, 3.8) is 0 Å². The quantitative estimate of drug-likeness (QED) is 0.539.